The average molecular weight is 427 g/mol. The zero-order valence-corrected chi connectivity index (χ0v) is 21.5. The van der Waals surface area contributed by atoms with E-state index in [9.17, 15) is 0 Å². The van der Waals surface area contributed by atoms with Crippen LogP contribution < -0.4 is 0 Å². The molecule has 0 unspecified atom stereocenters. The molecule has 0 fully saturated rings. The third-order valence-electron chi connectivity index (χ3n) is 6.19. The summed E-state index contributed by atoms with van der Waals surface area (Å²) in [5.74, 6) is 0. The van der Waals surface area contributed by atoms with Crippen molar-refractivity contribution in [1.82, 2.24) is 0 Å². The van der Waals surface area contributed by atoms with Crippen LogP contribution in [-0.4, -0.2) is 35.8 Å². The normalized spacial score (nSPS) is 11.0. The third-order valence-corrected chi connectivity index (χ3v) is 6.19. The molecule has 0 aromatic carbocycles. The highest BCUT2D eigenvalue weighted by Gasteiger charge is 2.25. The van der Waals surface area contributed by atoms with Gasteiger partial charge in [0.25, 0.3) is 0 Å². The Labute approximate surface area is 190 Å². The molecule has 0 spiro atoms. The van der Waals surface area contributed by atoms with Crippen molar-refractivity contribution in [1.29, 1.82) is 0 Å². The van der Waals surface area contributed by atoms with Crippen LogP contribution in [0.1, 0.15) is 137 Å². The van der Waals surface area contributed by atoms with Crippen molar-refractivity contribution in [2.45, 2.75) is 137 Å². The molecular weight excluding hydrogens is 372 g/mol. The van der Waals surface area contributed by atoms with Crippen LogP contribution in [0.15, 0.2) is 0 Å². The van der Waals surface area contributed by atoms with Gasteiger partial charge in [-0.1, -0.05) is 104 Å². The molecule has 0 aromatic rings. The average Bonchev–Trinajstić information content (AvgIpc) is 2.72. The zero-order chi connectivity index (χ0) is 22.1. The first-order chi connectivity index (χ1) is 14.2. The summed E-state index contributed by atoms with van der Waals surface area (Å²) in [4.78, 5) is 0. The van der Waals surface area contributed by atoms with Crippen LogP contribution in [0, 0.1) is 0 Å². The molecule has 0 rings (SSSR count). The van der Waals surface area contributed by atoms with Crippen molar-refractivity contribution >= 4 is 17.4 Å². The van der Waals surface area contributed by atoms with Gasteiger partial charge < -0.3 is 9.89 Å². The first-order valence-corrected chi connectivity index (χ1v) is 13.4. The second kappa shape index (κ2) is 25.8. The predicted molar refractivity (Wildman–Crippen MR) is 137 cm³/mol. The highest BCUT2D eigenvalue weighted by Crippen LogP contribution is 2.19. The van der Waals surface area contributed by atoms with Crippen LogP contribution in [0.5, 0.6) is 0 Å². The third kappa shape index (κ3) is 22.3. The lowest BCUT2D eigenvalue weighted by Gasteiger charge is -2.39. The summed E-state index contributed by atoms with van der Waals surface area (Å²) >= 11 is 3.70. The number of quaternary nitrogens is 1. The van der Waals surface area contributed by atoms with E-state index >= 15 is 0 Å². The fourth-order valence-corrected chi connectivity index (χ4v) is 4.32. The molecule has 0 atom stereocenters. The van der Waals surface area contributed by atoms with E-state index in [0.29, 0.717) is 0 Å². The second-order valence-electron chi connectivity index (χ2n) is 8.92. The van der Waals surface area contributed by atoms with Gasteiger partial charge >= 0.3 is 0 Å². The van der Waals surface area contributed by atoms with Crippen molar-refractivity contribution < 1.29 is 4.48 Å². The largest absolute Gasteiger partial charge is 0.753 e. The zero-order valence-electron chi connectivity index (χ0n) is 20.7. The van der Waals surface area contributed by atoms with E-state index in [2.05, 4.69) is 39.9 Å². The molecule has 174 valence electrons. The number of thiocarbonyl (C=S) groups is 1. The van der Waals surface area contributed by atoms with Gasteiger partial charge in [0.05, 0.1) is 26.2 Å². The molecule has 0 aromatic heterocycles. The summed E-state index contributed by atoms with van der Waals surface area (Å²) in [5, 5.41) is 8.47. The first-order valence-electron chi connectivity index (χ1n) is 13.0. The topological polar surface area (TPSA) is 22.3 Å². The Kier molecular flexibility index (Phi) is 27.5. The molecule has 0 radical (unpaired) electrons. The molecule has 29 heavy (non-hydrogen) atoms. The van der Waals surface area contributed by atoms with E-state index in [1.165, 1.54) is 145 Å². The van der Waals surface area contributed by atoms with Gasteiger partial charge in [0.2, 0.25) is 0 Å². The molecule has 0 saturated heterocycles. The number of nitrogens with zero attached hydrogens (tertiary/aromatic N) is 2. The lowest BCUT2D eigenvalue weighted by Crippen LogP contribution is -2.50. The highest BCUT2D eigenvalue weighted by atomic mass is 32.1. The Balaban J connectivity index is 0. The summed E-state index contributed by atoms with van der Waals surface area (Å²) in [6, 6.07) is 0. The van der Waals surface area contributed by atoms with Crippen LogP contribution in [0.4, 0.5) is 0 Å². The smallest absolute Gasteiger partial charge is 0.0786 e. The predicted octanol–water partition coefficient (Wildman–Crippen LogP) is 9.17. The maximum absolute atomic E-state index is 7.13. The Morgan fingerprint density at radius 1 is 0.483 bits per heavy atom. The van der Waals surface area contributed by atoms with E-state index < -0.39 is 0 Å². The van der Waals surface area contributed by atoms with Crippen LogP contribution >= 0.6 is 12.2 Å². The number of rotatable bonds is 21. The fraction of sp³-hybridized carbons (Fsp3) is 0.962. The Hall–Kier alpha value is -0.240. The molecule has 0 bridgehead atoms. The molecule has 0 heterocycles. The lowest BCUT2D eigenvalue weighted by atomic mass is 10.1. The number of hydrogen-bond acceptors (Lipinski definition) is 1. The van der Waals surface area contributed by atoms with Gasteiger partial charge in [-0.3, -0.25) is 0 Å². The van der Waals surface area contributed by atoms with Crippen LogP contribution in [0.2, 0.25) is 0 Å². The van der Waals surface area contributed by atoms with Gasteiger partial charge in [-0.25, -0.2) is 0 Å². The van der Waals surface area contributed by atoms with Gasteiger partial charge in [0.1, 0.15) is 0 Å². The molecule has 0 aliphatic heterocycles. The van der Waals surface area contributed by atoms with Crippen molar-refractivity contribution in [2.24, 2.45) is 0 Å². The fourth-order valence-electron chi connectivity index (χ4n) is 4.32. The minimum absolute atomic E-state index is 1.33. The summed E-state index contributed by atoms with van der Waals surface area (Å²) in [6.07, 6.45) is 24.3. The van der Waals surface area contributed by atoms with E-state index in [0.717, 1.165) is 0 Å². The molecule has 2 nitrogen and oxygen atoms in total. The van der Waals surface area contributed by atoms with Crippen molar-refractivity contribution in [2.75, 3.05) is 26.2 Å². The Bertz CT molecular complexity index is 302. The highest BCUT2D eigenvalue weighted by molar-refractivity contribution is 7.78. The molecule has 0 N–H and O–H groups in total. The maximum Gasteiger partial charge on any atom is 0.0786 e. The van der Waals surface area contributed by atoms with Crippen molar-refractivity contribution in [3.63, 3.8) is 0 Å². The first kappa shape index (κ1) is 30.9. The van der Waals surface area contributed by atoms with E-state index in [4.69, 9.17) is 5.41 Å². The van der Waals surface area contributed by atoms with Gasteiger partial charge in [0.15, 0.2) is 0 Å². The summed E-state index contributed by atoms with van der Waals surface area (Å²) in [6.45, 7) is 15.2. The Morgan fingerprint density at radius 3 is 1.00 bits per heavy atom. The van der Waals surface area contributed by atoms with Crippen LogP contribution in [0.25, 0.3) is 5.41 Å². The summed E-state index contributed by atoms with van der Waals surface area (Å²) in [5.41, 5.74) is 0. The molecule has 3 heteroatoms. The summed E-state index contributed by atoms with van der Waals surface area (Å²) in [7, 11) is 0. The van der Waals surface area contributed by atoms with Crippen molar-refractivity contribution in [3.8, 4) is 0 Å². The number of isothiocyanates is 1. The minimum Gasteiger partial charge on any atom is -0.753 e. The van der Waals surface area contributed by atoms with E-state index in [1.54, 1.807) is 0 Å². The molecule has 0 aliphatic rings. The minimum atomic E-state index is 1.33. The number of unbranched alkanes of at least 4 members (excludes halogenated alkanes) is 13. The second-order valence-corrected chi connectivity index (χ2v) is 9.11. The van der Waals surface area contributed by atoms with Crippen LogP contribution in [0.3, 0.4) is 0 Å². The molecule has 0 saturated carbocycles. The van der Waals surface area contributed by atoms with Gasteiger partial charge in [-0.15, -0.1) is 0 Å². The monoisotopic (exact) mass is 426 g/mol. The van der Waals surface area contributed by atoms with E-state index in [-0.39, 0.29) is 0 Å². The molecule has 0 amide bonds. The van der Waals surface area contributed by atoms with Gasteiger partial charge in [-0.05, 0) is 44.9 Å². The van der Waals surface area contributed by atoms with Crippen LogP contribution in [-0.2, 0) is 0 Å². The van der Waals surface area contributed by atoms with Crippen molar-refractivity contribution in [3.05, 3.63) is 5.41 Å². The van der Waals surface area contributed by atoms with Gasteiger partial charge in [-0.2, -0.15) is 5.16 Å². The van der Waals surface area contributed by atoms with E-state index in [1.807, 2.05) is 0 Å². The molecule has 0 aliphatic carbocycles. The standard InChI is InChI=1S/C25H54N.CNS/c1-5-9-13-16-19-23-26(22-12-8-4,24-20-17-14-10-6-2)25-21-18-15-11-7-3;2-1-3/h5-25H2,1-4H3;/q+1;-1. The lowest BCUT2D eigenvalue weighted by molar-refractivity contribution is -0.929. The van der Waals surface area contributed by atoms with Gasteiger partial charge in [0, 0.05) is 0 Å². The maximum atomic E-state index is 7.13. The quantitative estimate of drug-likeness (QED) is 0.0775. The summed E-state index contributed by atoms with van der Waals surface area (Å²) < 4.78 is 1.46. The SMILES string of the molecule is CCCCCCC[N+](CCCC)(CCCCCCC)CCCCCCC.[N-]=C=S. The Morgan fingerprint density at radius 2 is 0.724 bits per heavy atom. The number of hydrogen-bond donors (Lipinski definition) is 0. The molecular formula is C26H54N2S.